The summed E-state index contributed by atoms with van der Waals surface area (Å²) in [4.78, 5) is 9.49. The van der Waals surface area contributed by atoms with E-state index in [0.29, 0.717) is 12.3 Å². The van der Waals surface area contributed by atoms with Crippen LogP contribution in [0.1, 0.15) is 40.5 Å². The van der Waals surface area contributed by atoms with Gasteiger partial charge in [0.1, 0.15) is 0 Å². The van der Waals surface area contributed by atoms with Gasteiger partial charge in [0, 0.05) is 15.9 Å². The first-order valence-electron chi connectivity index (χ1n) is 10.5. The van der Waals surface area contributed by atoms with Crippen molar-refractivity contribution < 1.29 is 24.2 Å². The van der Waals surface area contributed by atoms with E-state index in [-0.39, 0.29) is 30.7 Å². The lowest BCUT2D eigenvalue weighted by molar-refractivity contribution is -0.0728. The van der Waals surface area contributed by atoms with Crippen LogP contribution in [-0.2, 0) is 11.4 Å². The number of benzene rings is 2. The van der Waals surface area contributed by atoms with Crippen LogP contribution in [0.25, 0.3) is 0 Å². The highest BCUT2D eigenvalue weighted by atomic mass is 79.9. The molecule has 3 aliphatic heterocycles. The molecule has 7 nitrogen and oxygen atoms in total. The van der Waals surface area contributed by atoms with Crippen LogP contribution in [0.4, 0.5) is 0 Å². The molecule has 33 heavy (non-hydrogen) atoms. The number of oxime groups is 1. The lowest BCUT2D eigenvalue weighted by Gasteiger charge is -2.43. The molecule has 0 radical (unpaired) electrons. The fourth-order valence-electron chi connectivity index (χ4n) is 4.91. The van der Waals surface area contributed by atoms with Gasteiger partial charge in [0.05, 0.1) is 24.8 Å². The third-order valence-electron chi connectivity index (χ3n) is 6.42. The van der Waals surface area contributed by atoms with Crippen molar-refractivity contribution in [2.24, 2.45) is 5.16 Å². The first kappa shape index (κ1) is 20.8. The van der Waals surface area contributed by atoms with Crippen LogP contribution < -0.4 is 14.2 Å². The molecule has 0 saturated heterocycles. The van der Waals surface area contributed by atoms with Gasteiger partial charge in [-0.3, -0.25) is 0 Å². The maximum absolute atomic E-state index is 10.6. The van der Waals surface area contributed by atoms with Gasteiger partial charge in [-0.1, -0.05) is 27.2 Å². The Morgan fingerprint density at radius 1 is 1.21 bits per heavy atom. The van der Waals surface area contributed by atoms with Gasteiger partial charge in [-0.05, 0) is 59.3 Å². The minimum absolute atomic E-state index is 0.0965. The molecular formula is C24H21BrN2O5S. The number of nitrogens with zero attached hydrogens (tertiary/aromatic N) is 2. The number of hydrogen-bond acceptors (Lipinski definition) is 8. The highest BCUT2D eigenvalue weighted by molar-refractivity contribution is 9.10. The monoisotopic (exact) mass is 528 g/mol. The van der Waals surface area contributed by atoms with Gasteiger partial charge in [-0.2, -0.15) is 0 Å². The van der Waals surface area contributed by atoms with E-state index in [4.69, 9.17) is 19.0 Å². The molecule has 1 N–H and O–H groups in total. The van der Waals surface area contributed by atoms with Gasteiger partial charge in [-0.25, -0.2) is 4.90 Å². The van der Waals surface area contributed by atoms with E-state index in [2.05, 4.69) is 43.5 Å². The third-order valence-corrected chi connectivity index (χ3v) is 8.08. The molecule has 3 aromatic rings. The zero-order valence-corrected chi connectivity index (χ0v) is 20.4. The molecule has 3 aliphatic rings. The normalized spacial score (nSPS) is 23.0. The largest absolute Gasteiger partial charge is 0.504 e. The summed E-state index contributed by atoms with van der Waals surface area (Å²) in [5.41, 5.74) is 4.02. The summed E-state index contributed by atoms with van der Waals surface area (Å²) in [5.74, 6) is 1.94. The predicted molar refractivity (Wildman–Crippen MR) is 127 cm³/mol. The summed E-state index contributed by atoms with van der Waals surface area (Å²) in [6, 6.07) is 11.8. The molecular weight excluding hydrogens is 508 g/mol. The number of aromatic hydroxyl groups is 1. The lowest BCUT2D eigenvalue weighted by Crippen LogP contribution is -2.46. The molecule has 0 aliphatic carbocycles. The summed E-state index contributed by atoms with van der Waals surface area (Å²) in [5, 5.41) is 17.0. The molecule has 1 aromatic heterocycles. The summed E-state index contributed by atoms with van der Waals surface area (Å²) in [6.07, 6.45) is -0.310. The van der Waals surface area contributed by atoms with Crippen LogP contribution in [0.3, 0.4) is 0 Å². The van der Waals surface area contributed by atoms with Crippen molar-refractivity contribution in [3.63, 3.8) is 0 Å². The SMILES string of the molecule is COc1cc2c(cc1O)[C@H]1C(C)=NO[C@H]1N(Cc1cc3c(cc1Br)OCO3)[C@@H]2c1cccs1. The van der Waals surface area contributed by atoms with Gasteiger partial charge >= 0.3 is 0 Å². The fourth-order valence-corrected chi connectivity index (χ4v) is 6.22. The Hall–Kier alpha value is -2.75. The topological polar surface area (TPSA) is 72.8 Å². The Kier molecular flexibility index (Phi) is 5.01. The molecule has 2 aromatic carbocycles. The summed E-state index contributed by atoms with van der Waals surface area (Å²) < 4.78 is 17.6. The van der Waals surface area contributed by atoms with Crippen molar-refractivity contribution >= 4 is 33.0 Å². The highest BCUT2D eigenvalue weighted by Crippen LogP contribution is 2.51. The number of thiophene rings is 1. The number of methoxy groups -OCH3 is 1. The van der Waals surface area contributed by atoms with E-state index < -0.39 is 0 Å². The number of halogens is 1. The van der Waals surface area contributed by atoms with E-state index in [1.54, 1.807) is 24.5 Å². The van der Waals surface area contributed by atoms with Crippen molar-refractivity contribution in [3.8, 4) is 23.0 Å². The second-order valence-electron chi connectivity index (χ2n) is 8.25. The third kappa shape index (κ3) is 3.29. The average molecular weight is 529 g/mol. The maximum atomic E-state index is 10.6. The van der Waals surface area contributed by atoms with E-state index in [1.807, 2.05) is 25.1 Å². The number of phenols is 1. The van der Waals surface area contributed by atoms with Crippen LogP contribution in [0, 0.1) is 0 Å². The van der Waals surface area contributed by atoms with Crippen molar-refractivity contribution in [2.45, 2.75) is 31.7 Å². The Labute approximate surface area is 203 Å². The van der Waals surface area contributed by atoms with Gasteiger partial charge < -0.3 is 24.2 Å². The quantitative estimate of drug-likeness (QED) is 0.490. The fraction of sp³-hybridized carbons (Fsp3) is 0.292. The Morgan fingerprint density at radius 2 is 2.03 bits per heavy atom. The number of phenolic OH excluding ortho intramolecular Hbond substituents is 1. The van der Waals surface area contributed by atoms with Crippen LogP contribution >= 0.6 is 27.3 Å². The van der Waals surface area contributed by atoms with Crippen LogP contribution in [-0.4, -0.2) is 35.8 Å². The number of hydrogen-bond donors (Lipinski definition) is 1. The molecule has 0 unspecified atom stereocenters. The van der Waals surface area contributed by atoms with Gasteiger partial charge in [0.15, 0.2) is 29.2 Å². The summed E-state index contributed by atoms with van der Waals surface area (Å²) in [7, 11) is 1.57. The molecule has 0 saturated carbocycles. The predicted octanol–water partition coefficient (Wildman–Crippen LogP) is 5.37. The van der Waals surface area contributed by atoms with E-state index in [1.165, 1.54) is 4.88 Å². The van der Waals surface area contributed by atoms with Crippen molar-refractivity contribution in [3.05, 3.63) is 67.8 Å². The van der Waals surface area contributed by atoms with E-state index in [0.717, 1.165) is 38.4 Å². The minimum Gasteiger partial charge on any atom is -0.504 e. The average Bonchev–Trinajstić information content (AvgIpc) is 3.55. The van der Waals surface area contributed by atoms with Gasteiger partial charge in [0.2, 0.25) is 6.79 Å². The molecule has 0 amide bonds. The molecule has 0 spiro atoms. The number of fused-ring (bicyclic) bond motifs is 4. The summed E-state index contributed by atoms with van der Waals surface area (Å²) in [6.45, 7) is 2.78. The zero-order chi connectivity index (χ0) is 22.7. The first-order valence-corrected chi connectivity index (χ1v) is 12.2. The van der Waals surface area contributed by atoms with Gasteiger partial charge in [0.25, 0.3) is 0 Å². The molecule has 0 fully saturated rings. The summed E-state index contributed by atoms with van der Waals surface area (Å²) >= 11 is 5.40. The van der Waals surface area contributed by atoms with Crippen molar-refractivity contribution in [1.29, 1.82) is 0 Å². The molecule has 4 heterocycles. The molecule has 0 bridgehead atoms. The Balaban J connectivity index is 1.51. The molecule has 170 valence electrons. The first-order chi connectivity index (χ1) is 16.0. The standard InChI is InChI=1S/C24H21BrN2O5S/c1-12-22-14-7-17(28)18(29-2)8-15(14)23(21-4-3-5-33-21)27(24(22)32-26-12)10-13-6-19-20(9-16(13)25)31-11-30-19/h3-9,22-24,28H,10-11H2,1-2H3/t22-,23+,24-/m1/s1. The Bertz CT molecular complexity index is 1260. The Morgan fingerprint density at radius 3 is 2.79 bits per heavy atom. The van der Waals surface area contributed by atoms with Crippen LogP contribution in [0.5, 0.6) is 23.0 Å². The van der Waals surface area contributed by atoms with Crippen LogP contribution in [0.15, 0.2) is 51.4 Å². The highest BCUT2D eigenvalue weighted by Gasteiger charge is 2.48. The molecule has 9 heteroatoms. The molecule has 3 atom stereocenters. The van der Waals surface area contributed by atoms with Crippen molar-refractivity contribution in [1.82, 2.24) is 4.90 Å². The van der Waals surface area contributed by atoms with Crippen LogP contribution in [0.2, 0.25) is 0 Å². The smallest absolute Gasteiger partial charge is 0.231 e. The minimum atomic E-state index is -0.310. The second kappa shape index (κ2) is 7.93. The number of ether oxygens (including phenoxy) is 3. The van der Waals surface area contributed by atoms with Gasteiger partial charge in [-0.15, -0.1) is 11.3 Å². The van der Waals surface area contributed by atoms with Crippen molar-refractivity contribution in [2.75, 3.05) is 13.9 Å². The lowest BCUT2D eigenvalue weighted by atomic mass is 9.80. The van der Waals surface area contributed by atoms with E-state index >= 15 is 0 Å². The van der Waals surface area contributed by atoms with E-state index in [9.17, 15) is 5.11 Å². The maximum Gasteiger partial charge on any atom is 0.231 e. The second-order valence-corrected chi connectivity index (χ2v) is 10.1. The zero-order valence-electron chi connectivity index (χ0n) is 17.9. The molecule has 6 rings (SSSR count). The number of rotatable bonds is 4.